The minimum atomic E-state index is 0.392. The van der Waals surface area contributed by atoms with Crippen LogP contribution in [0.2, 0.25) is 5.02 Å². The molecule has 1 aliphatic rings. The molecule has 3 nitrogen and oxygen atoms in total. The van der Waals surface area contributed by atoms with Crippen LogP contribution in [0, 0.1) is 6.92 Å². The molecule has 0 unspecified atom stereocenters. The number of hydrazine groups is 1. The second-order valence-corrected chi connectivity index (χ2v) is 5.31. The number of hydrogen-bond donors (Lipinski definition) is 2. The van der Waals surface area contributed by atoms with Gasteiger partial charge in [0.05, 0.1) is 6.04 Å². The van der Waals surface area contributed by atoms with Gasteiger partial charge < -0.3 is 5.43 Å². The van der Waals surface area contributed by atoms with Crippen molar-refractivity contribution >= 4 is 17.4 Å². The highest BCUT2D eigenvalue weighted by atomic mass is 35.5. The Bertz CT molecular complexity index is 437. The lowest BCUT2D eigenvalue weighted by molar-refractivity contribution is 0.442. The Balaban J connectivity index is 2.26. The molecular formula is C14H20ClN3. The van der Waals surface area contributed by atoms with Gasteiger partial charge in [0, 0.05) is 10.6 Å². The Morgan fingerprint density at radius 2 is 2.06 bits per heavy atom. The van der Waals surface area contributed by atoms with Gasteiger partial charge in [-0.1, -0.05) is 36.9 Å². The van der Waals surface area contributed by atoms with Crippen LogP contribution in [0.5, 0.6) is 0 Å². The summed E-state index contributed by atoms with van der Waals surface area (Å²) in [5.41, 5.74) is 4.85. The third-order valence-electron chi connectivity index (χ3n) is 3.48. The fourth-order valence-electron chi connectivity index (χ4n) is 2.43. The summed E-state index contributed by atoms with van der Waals surface area (Å²) >= 11 is 6.04. The van der Waals surface area contributed by atoms with Crippen LogP contribution in [0.4, 0.5) is 0 Å². The lowest BCUT2D eigenvalue weighted by Crippen LogP contribution is -2.33. The fourth-order valence-corrected chi connectivity index (χ4v) is 2.60. The van der Waals surface area contributed by atoms with E-state index >= 15 is 0 Å². The minimum absolute atomic E-state index is 0.392. The van der Waals surface area contributed by atoms with E-state index in [1.54, 1.807) is 0 Å². The highest BCUT2D eigenvalue weighted by Crippen LogP contribution is 2.22. The monoisotopic (exact) mass is 265 g/mol. The standard InChI is InChI=1S/C14H20ClN3/c1-10-7-8-11(15)9-13(10)14(18-16)17-12-5-3-2-4-6-12/h7-9,12H,2-6,16H2,1H3,(H,17,18). The Kier molecular flexibility index (Phi) is 4.61. The molecule has 1 aromatic carbocycles. The van der Waals surface area contributed by atoms with Gasteiger partial charge in [-0.3, -0.25) is 4.99 Å². The van der Waals surface area contributed by atoms with Crippen molar-refractivity contribution < 1.29 is 0 Å². The molecule has 0 amide bonds. The van der Waals surface area contributed by atoms with Crippen molar-refractivity contribution in [3.05, 3.63) is 34.3 Å². The molecule has 3 N–H and O–H groups in total. The van der Waals surface area contributed by atoms with E-state index in [9.17, 15) is 0 Å². The number of aliphatic imine (C=N–C) groups is 1. The first kappa shape index (κ1) is 13.4. The second-order valence-electron chi connectivity index (χ2n) is 4.87. The normalized spacial score (nSPS) is 17.8. The van der Waals surface area contributed by atoms with Crippen LogP contribution in [0.3, 0.4) is 0 Å². The summed E-state index contributed by atoms with van der Waals surface area (Å²) in [6, 6.07) is 6.18. The quantitative estimate of drug-likeness (QED) is 0.373. The summed E-state index contributed by atoms with van der Waals surface area (Å²) < 4.78 is 0. The Labute approximate surface area is 113 Å². The maximum absolute atomic E-state index is 6.04. The van der Waals surface area contributed by atoms with Crippen molar-refractivity contribution in [1.29, 1.82) is 0 Å². The van der Waals surface area contributed by atoms with Gasteiger partial charge in [0.2, 0.25) is 0 Å². The zero-order valence-corrected chi connectivity index (χ0v) is 11.5. The number of hydrogen-bond acceptors (Lipinski definition) is 2. The van der Waals surface area contributed by atoms with Gasteiger partial charge in [-0.05, 0) is 37.5 Å². The van der Waals surface area contributed by atoms with Gasteiger partial charge in [-0.15, -0.1) is 0 Å². The average molecular weight is 266 g/mol. The molecule has 0 saturated heterocycles. The fraction of sp³-hybridized carbons (Fsp3) is 0.500. The molecule has 98 valence electrons. The molecule has 1 saturated carbocycles. The van der Waals surface area contributed by atoms with Crippen LogP contribution in [-0.4, -0.2) is 11.9 Å². The molecule has 0 radical (unpaired) electrons. The summed E-state index contributed by atoms with van der Waals surface area (Å²) in [6.07, 6.45) is 6.17. The molecule has 18 heavy (non-hydrogen) atoms. The minimum Gasteiger partial charge on any atom is -0.308 e. The van der Waals surface area contributed by atoms with Crippen LogP contribution in [-0.2, 0) is 0 Å². The van der Waals surface area contributed by atoms with E-state index in [1.165, 1.54) is 19.3 Å². The number of amidine groups is 1. The number of nitrogens with one attached hydrogen (secondary N) is 1. The van der Waals surface area contributed by atoms with E-state index < -0.39 is 0 Å². The number of halogens is 1. The summed E-state index contributed by atoms with van der Waals surface area (Å²) in [4.78, 5) is 4.75. The van der Waals surface area contributed by atoms with Gasteiger partial charge in [-0.25, -0.2) is 5.84 Å². The smallest absolute Gasteiger partial charge is 0.143 e. The topological polar surface area (TPSA) is 50.4 Å². The molecule has 0 aliphatic heterocycles. The van der Waals surface area contributed by atoms with Gasteiger partial charge in [-0.2, -0.15) is 0 Å². The van der Waals surface area contributed by atoms with E-state index in [4.69, 9.17) is 22.4 Å². The second kappa shape index (κ2) is 6.21. The van der Waals surface area contributed by atoms with Crippen LogP contribution < -0.4 is 11.3 Å². The highest BCUT2D eigenvalue weighted by Gasteiger charge is 2.14. The molecule has 2 rings (SSSR count). The van der Waals surface area contributed by atoms with Crippen molar-refractivity contribution in [2.75, 3.05) is 0 Å². The predicted molar refractivity (Wildman–Crippen MR) is 76.9 cm³/mol. The van der Waals surface area contributed by atoms with E-state index in [0.717, 1.165) is 29.8 Å². The van der Waals surface area contributed by atoms with Crippen LogP contribution in [0.1, 0.15) is 43.2 Å². The SMILES string of the molecule is Cc1ccc(Cl)cc1C(=NC1CCCCC1)NN. The molecule has 4 heteroatoms. The lowest BCUT2D eigenvalue weighted by Gasteiger charge is -2.19. The Hall–Kier alpha value is -1.06. The largest absolute Gasteiger partial charge is 0.308 e. The molecule has 1 aromatic rings. The first-order chi connectivity index (χ1) is 8.70. The van der Waals surface area contributed by atoms with Crippen LogP contribution >= 0.6 is 11.6 Å². The zero-order valence-electron chi connectivity index (χ0n) is 10.7. The Morgan fingerprint density at radius 3 is 2.72 bits per heavy atom. The molecule has 0 heterocycles. The first-order valence-electron chi connectivity index (χ1n) is 6.51. The van der Waals surface area contributed by atoms with Gasteiger partial charge in [0.15, 0.2) is 0 Å². The summed E-state index contributed by atoms with van der Waals surface area (Å²) in [5, 5.41) is 0.710. The molecule has 1 fully saturated rings. The van der Waals surface area contributed by atoms with Gasteiger partial charge >= 0.3 is 0 Å². The lowest BCUT2D eigenvalue weighted by atomic mass is 9.96. The third-order valence-corrected chi connectivity index (χ3v) is 3.71. The number of nitrogens with two attached hydrogens (primary N) is 1. The van der Waals surface area contributed by atoms with Crippen LogP contribution in [0.25, 0.3) is 0 Å². The molecule has 0 atom stereocenters. The van der Waals surface area contributed by atoms with Gasteiger partial charge in [0.1, 0.15) is 5.84 Å². The zero-order chi connectivity index (χ0) is 13.0. The van der Waals surface area contributed by atoms with E-state index in [2.05, 4.69) is 5.43 Å². The van der Waals surface area contributed by atoms with Crippen molar-refractivity contribution in [3.8, 4) is 0 Å². The number of benzene rings is 1. The number of nitrogens with zero attached hydrogens (tertiary/aromatic N) is 1. The molecule has 0 aromatic heterocycles. The summed E-state index contributed by atoms with van der Waals surface area (Å²) in [5.74, 6) is 6.37. The maximum Gasteiger partial charge on any atom is 0.143 e. The Morgan fingerprint density at radius 1 is 1.33 bits per heavy atom. The molecule has 1 aliphatic carbocycles. The van der Waals surface area contributed by atoms with Crippen molar-refractivity contribution in [1.82, 2.24) is 5.43 Å². The summed E-state index contributed by atoms with van der Waals surface area (Å²) in [7, 11) is 0. The van der Waals surface area contributed by atoms with E-state index in [-0.39, 0.29) is 0 Å². The van der Waals surface area contributed by atoms with E-state index in [0.29, 0.717) is 11.1 Å². The highest BCUT2D eigenvalue weighted by molar-refractivity contribution is 6.31. The molecule has 0 bridgehead atoms. The van der Waals surface area contributed by atoms with Crippen molar-refractivity contribution in [3.63, 3.8) is 0 Å². The first-order valence-corrected chi connectivity index (χ1v) is 6.89. The summed E-state index contributed by atoms with van der Waals surface area (Å²) in [6.45, 7) is 2.04. The third kappa shape index (κ3) is 3.24. The predicted octanol–water partition coefficient (Wildman–Crippen LogP) is 3.19. The average Bonchev–Trinajstić information content (AvgIpc) is 2.40. The number of rotatable bonds is 2. The molecule has 0 spiro atoms. The maximum atomic E-state index is 6.04. The van der Waals surface area contributed by atoms with Crippen LogP contribution in [0.15, 0.2) is 23.2 Å². The van der Waals surface area contributed by atoms with Crippen molar-refractivity contribution in [2.45, 2.75) is 45.1 Å². The van der Waals surface area contributed by atoms with E-state index in [1.807, 2.05) is 25.1 Å². The number of aryl methyl sites for hydroxylation is 1. The van der Waals surface area contributed by atoms with Crippen molar-refractivity contribution in [2.24, 2.45) is 10.8 Å². The van der Waals surface area contributed by atoms with Gasteiger partial charge in [0.25, 0.3) is 0 Å². The molecular weight excluding hydrogens is 246 g/mol.